The first kappa shape index (κ1) is 13.9. The van der Waals surface area contributed by atoms with Crippen molar-refractivity contribution in [1.82, 2.24) is 9.55 Å². The Morgan fingerprint density at radius 3 is 2.71 bits per heavy atom. The molecule has 0 spiro atoms. The average Bonchev–Trinajstić information content (AvgIpc) is 2.84. The van der Waals surface area contributed by atoms with Gasteiger partial charge in [-0.3, -0.25) is 4.57 Å². The van der Waals surface area contributed by atoms with E-state index < -0.39 is 0 Å². The van der Waals surface area contributed by atoms with Crippen LogP contribution in [0.3, 0.4) is 0 Å². The number of rotatable bonds is 3. The van der Waals surface area contributed by atoms with Gasteiger partial charge in [-0.2, -0.15) is 0 Å². The zero-order valence-electron chi connectivity index (χ0n) is 11.7. The van der Waals surface area contributed by atoms with E-state index in [-0.39, 0.29) is 11.7 Å². The molecule has 0 unspecified atom stereocenters. The molecule has 0 radical (unpaired) electrons. The fourth-order valence-electron chi connectivity index (χ4n) is 2.47. The normalized spacial score (nSPS) is 11.0. The molecule has 2 aromatic carbocycles. The van der Waals surface area contributed by atoms with Crippen LogP contribution in [0.5, 0.6) is 5.75 Å². The lowest BCUT2D eigenvalue weighted by Crippen LogP contribution is -2.01. The molecule has 1 aromatic heterocycles. The topological polar surface area (TPSA) is 27.1 Å². The number of halogens is 2. The van der Waals surface area contributed by atoms with E-state index in [9.17, 15) is 4.39 Å². The van der Waals surface area contributed by atoms with Crippen molar-refractivity contribution >= 4 is 22.6 Å². The van der Waals surface area contributed by atoms with Gasteiger partial charge in [0.05, 0.1) is 29.7 Å². The summed E-state index contributed by atoms with van der Waals surface area (Å²) in [6.45, 7) is 1.99. The van der Waals surface area contributed by atoms with Crippen molar-refractivity contribution in [3.63, 3.8) is 0 Å². The number of benzene rings is 2. The van der Waals surface area contributed by atoms with Gasteiger partial charge in [0, 0.05) is 6.07 Å². The van der Waals surface area contributed by atoms with Crippen molar-refractivity contribution in [3.8, 4) is 11.4 Å². The number of hydrogen-bond acceptors (Lipinski definition) is 2. The summed E-state index contributed by atoms with van der Waals surface area (Å²) in [5, 5.41) is 0. The van der Waals surface area contributed by atoms with Gasteiger partial charge in [0.15, 0.2) is 0 Å². The summed E-state index contributed by atoms with van der Waals surface area (Å²) in [5.74, 6) is 1.42. The first-order chi connectivity index (χ1) is 10.1. The maximum Gasteiger partial charge on any atom is 0.129 e. The SMILES string of the molecule is COc1ccc(-n2c(CCl)nc3cc(F)ccc32)c(C)c1. The third-order valence-corrected chi connectivity index (χ3v) is 3.69. The Morgan fingerprint density at radius 2 is 2.05 bits per heavy atom. The molecule has 0 atom stereocenters. The van der Waals surface area contributed by atoms with Gasteiger partial charge < -0.3 is 4.74 Å². The molecular formula is C16H14ClFN2O. The number of alkyl halides is 1. The van der Waals surface area contributed by atoms with Crippen molar-refractivity contribution in [2.24, 2.45) is 0 Å². The zero-order valence-corrected chi connectivity index (χ0v) is 12.5. The second-order valence-corrected chi connectivity index (χ2v) is 5.05. The largest absolute Gasteiger partial charge is 0.497 e. The second-order valence-electron chi connectivity index (χ2n) is 4.78. The lowest BCUT2D eigenvalue weighted by atomic mass is 10.1. The van der Waals surface area contributed by atoms with Gasteiger partial charge in [-0.25, -0.2) is 9.37 Å². The summed E-state index contributed by atoms with van der Waals surface area (Å²) in [6, 6.07) is 10.3. The smallest absolute Gasteiger partial charge is 0.129 e. The number of fused-ring (bicyclic) bond motifs is 1. The van der Waals surface area contributed by atoms with E-state index >= 15 is 0 Å². The molecule has 0 aliphatic carbocycles. The van der Waals surface area contributed by atoms with Crippen LogP contribution in [0.4, 0.5) is 4.39 Å². The van der Waals surface area contributed by atoms with Crippen LogP contribution in [0.15, 0.2) is 36.4 Å². The van der Waals surface area contributed by atoms with Crippen LogP contribution in [-0.2, 0) is 5.88 Å². The fourth-order valence-corrected chi connectivity index (χ4v) is 2.65. The summed E-state index contributed by atoms with van der Waals surface area (Å²) in [5.41, 5.74) is 3.42. The van der Waals surface area contributed by atoms with E-state index in [1.54, 1.807) is 13.2 Å². The lowest BCUT2D eigenvalue weighted by Gasteiger charge is -2.12. The minimum Gasteiger partial charge on any atom is -0.497 e. The van der Waals surface area contributed by atoms with Crippen molar-refractivity contribution in [2.75, 3.05) is 7.11 Å². The maximum atomic E-state index is 13.4. The summed E-state index contributed by atoms with van der Waals surface area (Å²) in [4.78, 5) is 4.41. The zero-order chi connectivity index (χ0) is 15.0. The highest BCUT2D eigenvalue weighted by Crippen LogP contribution is 2.27. The second kappa shape index (κ2) is 5.37. The van der Waals surface area contributed by atoms with Crippen molar-refractivity contribution in [1.29, 1.82) is 0 Å². The number of nitrogens with zero attached hydrogens (tertiary/aromatic N) is 2. The first-order valence-corrected chi connectivity index (χ1v) is 7.05. The van der Waals surface area contributed by atoms with E-state index in [4.69, 9.17) is 16.3 Å². The van der Waals surface area contributed by atoms with Gasteiger partial charge in [-0.05, 0) is 42.8 Å². The molecule has 0 aliphatic heterocycles. The number of methoxy groups -OCH3 is 1. The number of hydrogen-bond donors (Lipinski definition) is 0. The molecular weight excluding hydrogens is 291 g/mol. The summed E-state index contributed by atoms with van der Waals surface area (Å²) < 4.78 is 20.5. The molecule has 0 fully saturated rings. The van der Waals surface area contributed by atoms with Crippen LogP contribution < -0.4 is 4.74 Å². The van der Waals surface area contributed by atoms with Gasteiger partial charge in [0.25, 0.3) is 0 Å². The van der Waals surface area contributed by atoms with Crippen LogP contribution in [0, 0.1) is 12.7 Å². The highest BCUT2D eigenvalue weighted by atomic mass is 35.5. The van der Waals surface area contributed by atoms with E-state index in [0.717, 1.165) is 22.5 Å². The molecule has 0 N–H and O–H groups in total. The minimum atomic E-state index is -0.306. The number of aromatic nitrogens is 2. The number of aryl methyl sites for hydroxylation is 1. The Morgan fingerprint density at radius 1 is 1.24 bits per heavy atom. The van der Waals surface area contributed by atoms with Crippen molar-refractivity contribution in [3.05, 3.63) is 53.6 Å². The average molecular weight is 305 g/mol. The maximum absolute atomic E-state index is 13.4. The Bertz CT molecular complexity index is 813. The van der Waals surface area contributed by atoms with E-state index in [1.165, 1.54) is 12.1 Å². The van der Waals surface area contributed by atoms with Crippen molar-refractivity contribution < 1.29 is 9.13 Å². The first-order valence-electron chi connectivity index (χ1n) is 6.52. The Kier molecular flexibility index (Phi) is 3.55. The van der Waals surface area contributed by atoms with E-state index in [2.05, 4.69) is 4.98 Å². The van der Waals surface area contributed by atoms with Gasteiger partial charge in [0.1, 0.15) is 17.4 Å². The van der Waals surface area contributed by atoms with Gasteiger partial charge in [-0.1, -0.05) is 0 Å². The highest BCUT2D eigenvalue weighted by Gasteiger charge is 2.14. The predicted octanol–water partition coefficient (Wildman–Crippen LogP) is 4.22. The van der Waals surface area contributed by atoms with Crippen LogP contribution in [0.1, 0.15) is 11.4 Å². The standard InChI is InChI=1S/C16H14ClFN2O/c1-10-7-12(21-2)4-6-14(10)20-15-5-3-11(18)8-13(15)19-16(20)9-17/h3-8H,9H2,1-2H3. The third kappa shape index (κ3) is 2.36. The molecule has 3 nitrogen and oxygen atoms in total. The molecule has 0 aliphatic rings. The molecule has 3 rings (SSSR count). The van der Waals surface area contributed by atoms with Crippen LogP contribution in [-0.4, -0.2) is 16.7 Å². The van der Waals surface area contributed by atoms with Gasteiger partial charge in [0.2, 0.25) is 0 Å². The number of ether oxygens (including phenoxy) is 1. The summed E-state index contributed by atoms with van der Waals surface area (Å²) >= 11 is 6.00. The Balaban J connectivity index is 2.28. The fraction of sp³-hybridized carbons (Fsp3) is 0.188. The third-order valence-electron chi connectivity index (χ3n) is 3.45. The van der Waals surface area contributed by atoms with E-state index in [0.29, 0.717) is 11.3 Å². The molecule has 108 valence electrons. The molecule has 21 heavy (non-hydrogen) atoms. The van der Waals surface area contributed by atoms with E-state index in [1.807, 2.05) is 29.7 Å². The van der Waals surface area contributed by atoms with Crippen molar-refractivity contribution in [2.45, 2.75) is 12.8 Å². The molecule has 0 saturated heterocycles. The monoisotopic (exact) mass is 304 g/mol. The molecule has 0 bridgehead atoms. The van der Waals surface area contributed by atoms with Gasteiger partial charge in [-0.15, -0.1) is 11.6 Å². The molecule has 0 saturated carbocycles. The predicted molar refractivity (Wildman–Crippen MR) is 81.9 cm³/mol. The van der Waals surface area contributed by atoms with Crippen LogP contribution in [0.2, 0.25) is 0 Å². The summed E-state index contributed by atoms with van der Waals surface area (Å²) in [7, 11) is 1.63. The molecule has 3 aromatic rings. The van der Waals surface area contributed by atoms with Crippen LogP contribution in [0.25, 0.3) is 16.7 Å². The quantitative estimate of drug-likeness (QED) is 0.677. The Labute approximate surface area is 126 Å². The molecule has 0 amide bonds. The molecule has 1 heterocycles. The van der Waals surface area contributed by atoms with Crippen LogP contribution >= 0.6 is 11.6 Å². The minimum absolute atomic E-state index is 0.252. The number of imidazole rings is 1. The highest BCUT2D eigenvalue weighted by molar-refractivity contribution is 6.17. The van der Waals surface area contributed by atoms with Gasteiger partial charge >= 0.3 is 0 Å². The molecule has 5 heteroatoms. The summed E-state index contributed by atoms with van der Waals surface area (Å²) in [6.07, 6.45) is 0. The lowest BCUT2D eigenvalue weighted by molar-refractivity contribution is 0.414. The Hall–Kier alpha value is -2.07.